The molecule has 2 heterocycles. The highest BCUT2D eigenvalue weighted by Gasteiger charge is 2.47. The summed E-state index contributed by atoms with van der Waals surface area (Å²) in [5.74, 6) is -0.939. The SMILES string of the molecule is COc1ncc(-c2cccc(O[C@H]3SC[C@@H](OC(C)=O)[C@H](OC(C)=O)[C@H]3OC(C)=O)c2)cn1. The number of rotatable bonds is 7. The van der Waals surface area contributed by atoms with E-state index in [4.69, 9.17) is 23.7 Å². The molecule has 0 bridgehead atoms. The zero-order valence-electron chi connectivity index (χ0n) is 18.5. The second kappa shape index (κ2) is 11.0. The van der Waals surface area contributed by atoms with Crippen LogP contribution in [0.2, 0.25) is 0 Å². The van der Waals surface area contributed by atoms with Crippen LogP contribution in [0.4, 0.5) is 0 Å². The van der Waals surface area contributed by atoms with Crippen LogP contribution in [0.3, 0.4) is 0 Å². The predicted molar refractivity (Wildman–Crippen MR) is 118 cm³/mol. The molecule has 1 saturated heterocycles. The molecule has 2 aromatic rings. The van der Waals surface area contributed by atoms with Crippen molar-refractivity contribution in [1.82, 2.24) is 9.97 Å². The third kappa shape index (κ3) is 6.58. The first-order valence-corrected chi connectivity index (χ1v) is 11.1. The maximum atomic E-state index is 11.8. The van der Waals surface area contributed by atoms with Gasteiger partial charge in [0.15, 0.2) is 23.7 Å². The van der Waals surface area contributed by atoms with Gasteiger partial charge in [0, 0.05) is 44.5 Å². The fraction of sp³-hybridized carbons (Fsp3) is 0.409. The first-order chi connectivity index (χ1) is 15.8. The Morgan fingerprint density at radius 2 is 1.55 bits per heavy atom. The number of carbonyl (C=O) groups excluding carboxylic acids is 3. The molecule has 1 fully saturated rings. The van der Waals surface area contributed by atoms with Crippen molar-refractivity contribution in [3.63, 3.8) is 0 Å². The van der Waals surface area contributed by atoms with Gasteiger partial charge in [-0.25, -0.2) is 9.97 Å². The smallest absolute Gasteiger partial charge is 0.316 e. The molecular formula is C22H24N2O8S. The molecule has 0 saturated carbocycles. The Morgan fingerprint density at radius 3 is 2.15 bits per heavy atom. The van der Waals surface area contributed by atoms with E-state index in [0.717, 1.165) is 11.1 Å². The maximum absolute atomic E-state index is 11.8. The second-order valence-electron chi connectivity index (χ2n) is 7.10. The lowest BCUT2D eigenvalue weighted by Gasteiger charge is -2.39. The maximum Gasteiger partial charge on any atom is 0.316 e. The highest BCUT2D eigenvalue weighted by atomic mass is 32.2. The molecule has 10 nitrogen and oxygen atoms in total. The molecule has 11 heteroatoms. The van der Waals surface area contributed by atoms with E-state index in [2.05, 4.69) is 9.97 Å². The Balaban J connectivity index is 1.85. The molecule has 33 heavy (non-hydrogen) atoms. The summed E-state index contributed by atoms with van der Waals surface area (Å²) in [5, 5.41) is 0. The zero-order valence-corrected chi connectivity index (χ0v) is 19.4. The summed E-state index contributed by atoms with van der Waals surface area (Å²) in [7, 11) is 1.49. The van der Waals surface area contributed by atoms with Gasteiger partial charge < -0.3 is 23.7 Å². The number of methoxy groups -OCH3 is 1. The topological polar surface area (TPSA) is 123 Å². The molecule has 0 unspecified atom stereocenters. The molecular weight excluding hydrogens is 452 g/mol. The number of carbonyl (C=O) groups is 3. The van der Waals surface area contributed by atoms with E-state index in [9.17, 15) is 14.4 Å². The van der Waals surface area contributed by atoms with E-state index >= 15 is 0 Å². The van der Waals surface area contributed by atoms with E-state index in [0.29, 0.717) is 5.75 Å². The number of nitrogens with zero attached hydrogens (tertiary/aromatic N) is 2. The minimum atomic E-state index is -1.01. The highest BCUT2D eigenvalue weighted by Crippen LogP contribution is 2.35. The van der Waals surface area contributed by atoms with Crippen molar-refractivity contribution in [3.8, 4) is 22.9 Å². The lowest BCUT2D eigenvalue weighted by atomic mass is 10.1. The van der Waals surface area contributed by atoms with Crippen molar-refractivity contribution in [2.24, 2.45) is 0 Å². The zero-order chi connectivity index (χ0) is 24.0. The van der Waals surface area contributed by atoms with Gasteiger partial charge in [0.25, 0.3) is 0 Å². The highest BCUT2D eigenvalue weighted by molar-refractivity contribution is 7.99. The monoisotopic (exact) mass is 476 g/mol. The van der Waals surface area contributed by atoms with Crippen LogP contribution in [0.1, 0.15) is 20.8 Å². The molecule has 1 aromatic carbocycles. The van der Waals surface area contributed by atoms with Crippen LogP contribution in [0.5, 0.6) is 11.8 Å². The Bertz CT molecular complexity index is 1000. The van der Waals surface area contributed by atoms with Gasteiger partial charge in [-0.3, -0.25) is 14.4 Å². The summed E-state index contributed by atoms with van der Waals surface area (Å²) >= 11 is 1.29. The van der Waals surface area contributed by atoms with Gasteiger partial charge in [-0.15, -0.1) is 11.8 Å². The number of aromatic nitrogens is 2. The third-order valence-corrected chi connectivity index (χ3v) is 5.75. The van der Waals surface area contributed by atoms with Crippen molar-refractivity contribution in [2.75, 3.05) is 12.9 Å². The first-order valence-electron chi connectivity index (χ1n) is 10.0. The van der Waals surface area contributed by atoms with E-state index in [1.807, 2.05) is 6.07 Å². The largest absolute Gasteiger partial charge is 0.476 e. The van der Waals surface area contributed by atoms with Crippen LogP contribution < -0.4 is 9.47 Å². The molecule has 0 aliphatic carbocycles. The summed E-state index contributed by atoms with van der Waals surface area (Å²) < 4.78 is 27.3. The summed E-state index contributed by atoms with van der Waals surface area (Å²) in [6.07, 6.45) is 0.454. The molecule has 1 aromatic heterocycles. The number of thioether (sulfide) groups is 1. The van der Waals surface area contributed by atoms with Crippen molar-refractivity contribution in [2.45, 2.75) is 44.5 Å². The van der Waals surface area contributed by atoms with Crippen molar-refractivity contribution in [3.05, 3.63) is 36.7 Å². The lowest BCUT2D eigenvalue weighted by Crippen LogP contribution is -2.55. The van der Waals surface area contributed by atoms with Gasteiger partial charge in [0.1, 0.15) is 5.75 Å². The minimum Gasteiger partial charge on any atom is -0.476 e. The Hall–Kier alpha value is -3.34. The van der Waals surface area contributed by atoms with Crippen molar-refractivity contribution < 1.29 is 38.1 Å². The van der Waals surface area contributed by atoms with Crippen LogP contribution in [-0.2, 0) is 28.6 Å². The van der Waals surface area contributed by atoms with Crippen LogP contribution in [0.15, 0.2) is 36.7 Å². The van der Waals surface area contributed by atoms with E-state index in [1.165, 1.54) is 39.6 Å². The van der Waals surface area contributed by atoms with Crippen LogP contribution >= 0.6 is 11.8 Å². The average molecular weight is 477 g/mol. The average Bonchev–Trinajstić information content (AvgIpc) is 2.77. The van der Waals surface area contributed by atoms with E-state index in [1.54, 1.807) is 30.6 Å². The molecule has 3 rings (SSSR count). The van der Waals surface area contributed by atoms with Gasteiger partial charge in [0.2, 0.25) is 0 Å². The number of ether oxygens (including phenoxy) is 5. The number of benzene rings is 1. The molecule has 0 N–H and O–H groups in total. The molecule has 0 amide bonds. The molecule has 1 aliphatic rings. The van der Waals surface area contributed by atoms with Crippen molar-refractivity contribution in [1.29, 1.82) is 0 Å². The Labute approximate surface area is 194 Å². The lowest BCUT2D eigenvalue weighted by molar-refractivity contribution is -0.186. The van der Waals surface area contributed by atoms with Gasteiger partial charge in [-0.2, -0.15) is 0 Å². The minimum absolute atomic E-state index is 0.257. The molecule has 0 radical (unpaired) electrons. The second-order valence-corrected chi connectivity index (χ2v) is 8.23. The van der Waals surface area contributed by atoms with Crippen LogP contribution in [0.25, 0.3) is 11.1 Å². The normalized spacial score (nSPS) is 22.1. The predicted octanol–water partition coefficient (Wildman–Crippen LogP) is 2.40. The summed E-state index contributed by atoms with van der Waals surface area (Å²) in [5.41, 5.74) is 0.837. The molecule has 4 atom stereocenters. The molecule has 0 spiro atoms. The van der Waals surface area contributed by atoms with Crippen LogP contribution in [-0.4, -0.2) is 64.5 Å². The summed E-state index contributed by atoms with van der Waals surface area (Å²) in [6.45, 7) is 3.73. The number of hydrogen-bond donors (Lipinski definition) is 0. The number of esters is 3. The van der Waals surface area contributed by atoms with E-state index < -0.39 is 41.7 Å². The molecule has 1 aliphatic heterocycles. The fourth-order valence-electron chi connectivity index (χ4n) is 3.26. The third-order valence-electron chi connectivity index (χ3n) is 4.53. The Kier molecular flexibility index (Phi) is 8.10. The Morgan fingerprint density at radius 1 is 0.909 bits per heavy atom. The van der Waals surface area contributed by atoms with Gasteiger partial charge in [-0.1, -0.05) is 12.1 Å². The number of hydrogen-bond acceptors (Lipinski definition) is 11. The quantitative estimate of drug-likeness (QED) is 0.432. The van der Waals surface area contributed by atoms with Gasteiger partial charge in [0.05, 0.1) is 7.11 Å². The molecule has 176 valence electrons. The van der Waals surface area contributed by atoms with Crippen molar-refractivity contribution >= 4 is 29.7 Å². The first kappa shape index (κ1) is 24.3. The van der Waals surface area contributed by atoms with Gasteiger partial charge in [-0.05, 0) is 17.7 Å². The van der Waals surface area contributed by atoms with Gasteiger partial charge >= 0.3 is 23.9 Å². The standard InChI is InChI=1S/C22H24N2O8S/c1-12(25)29-18-11-33-21(20(31-14(3)27)19(18)30-13(2)26)32-17-7-5-6-15(8-17)16-9-23-22(28-4)24-10-16/h5-10,18-21H,11H2,1-4H3/t18-,19+,20-,21+/m1/s1. The summed E-state index contributed by atoms with van der Waals surface area (Å²) in [4.78, 5) is 43.3. The van der Waals surface area contributed by atoms with Crippen LogP contribution in [0, 0.1) is 0 Å². The summed E-state index contributed by atoms with van der Waals surface area (Å²) in [6, 6.07) is 7.46. The van der Waals surface area contributed by atoms with E-state index in [-0.39, 0.29) is 11.8 Å². The fourth-order valence-corrected chi connectivity index (χ4v) is 4.48.